The summed E-state index contributed by atoms with van der Waals surface area (Å²) in [6, 6.07) is 7.39. The van der Waals surface area contributed by atoms with Crippen molar-refractivity contribution < 1.29 is 4.74 Å². The Kier molecular flexibility index (Phi) is 4.62. The Balaban J connectivity index is 2.36. The molecule has 0 bridgehead atoms. The largest absolute Gasteiger partial charge is 0.497 e. The fourth-order valence-corrected chi connectivity index (χ4v) is 2.42. The van der Waals surface area contributed by atoms with E-state index in [1.165, 1.54) is 16.3 Å². The molecular weight excluding hydrogens is 278 g/mol. The van der Waals surface area contributed by atoms with Gasteiger partial charge in [0.05, 0.1) is 13.7 Å². The number of hydrogen-bond acceptors (Lipinski definition) is 5. The molecule has 106 valence electrons. The maximum Gasteiger partial charge on any atom is 0.351 e. The maximum absolute atomic E-state index is 11.9. The smallest absolute Gasteiger partial charge is 0.351 e. The van der Waals surface area contributed by atoms with Gasteiger partial charge in [0.2, 0.25) is 0 Å². The van der Waals surface area contributed by atoms with Gasteiger partial charge in [-0.25, -0.2) is 9.59 Å². The molecule has 0 saturated heterocycles. The lowest BCUT2D eigenvalue weighted by atomic mass is 10.2. The summed E-state index contributed by atoms with van der Waals surface area (Å²) in [6.45, 7) is 2.30. The van der Waals surface area contributed by atoms with Crippen molar-refractivity contribution in [2.24, 2.45) is 0 Å². The van der Waals surface area contributed by atoms with Crippen LogP contribution >= 0.6 is 11.8 Å². The number of thioether (sulfide) groups is 1. The zero-order valence-corrected chi connectivity index (χ0v) is 12.1. The summed E-state index contributed by atoms with van der Waals surface area (Å²) in [5, 5.41) is 0.428. The number of aromatic nitrogens is 3. The first-order chi connectivity index (χ1) is 9.63. The molecule has 1 heterocycles. The Hall–Kier alpha value is -2.02. The third-order valence-corrected chi connectivity index (χ3v) is 3.52. The van der Waals surface area contributed by atoms with E-state index in [4.69, 9.17) is 4.74 Å². The third-order valence-electron chi connectivity index (χ3n) is 2.66. The van der Waals surface area contributed by atoms with Crippen LogP contribution in [-0.4, -0.2) is 27.4 Å². The number of nitrogens with zero attached hydrogens (tertiary/aromatic N) is 2. The van der Waals surface area contributed by atoms with Crippen molar-refractivity contribution in [1.82, 2.24) is 14.5 Å². The zero-order valence-electron chi connectivity index (χ0n) is 11.3. The fourth-order valence-electron chi connectivity index (χ4n) is 1.71. The molecule has 0 aliphatic heterocycles. The highest BCUT2D eigenvalue weighted by Crippen LogP contribution is 2.15. The van der Waals surface area contributed by atoms with Gasteiger partial charge in [-0.1, -0.05) is 30.8 Å². The monoisotopic (exact) mass is 293 g/mol. The van der Waals surface area contributed by atoms with Gasteiger partial charge in [0, 0.05) is 0 Å². The summed E-state index contributed by atoms with van der Waals surface area (Å²) in [7, 11) is 1.60. The molecule has 2 aromatic rings. The molecule has 0 atom stereocenters. The molecule has 0 saturated carbocycles. The van der Waals surface area contributed by atoms with Crippen molar-refractivity contribution in [2.45, 2.75) is 18.6 Å². The minimum atomic E-state index is -0.614. The predicted octanol–water partition coefficient (Wildman–Crippen LogP) is 1.10. The summed E-state index contributed by atoms with van der Waals surface area (Å²) in [5.41, 5.74) is -0.131. The molecule has 20 heavy (non-hydrogen) atoms. The first-order valence-corrected chi connectivity index (χ1v) is 7.09. The summed E-state index contributed by atoms with van der Waals surface area (Å²) >= 11 is 1.36. The molecule has 0 unspecified atom stereocenters. The van der Waals surface area contributed by atoms with E-state index in [0.717, 1.165) is 17.1 Å². The predicted molar refractivity (Wildman–Crippen MR) is 77.6 cm³/mol. The van der Waals surface area contributed by atoms with Crippen LogP contribution in [0.4, 0.5) is 0 Å². The zero-order chi connectivity index (χ0) is 14.5. The van der Waals surface area contributed by atoms with Crippen molar-refractivity contribution >= 4 is 11.8 Å². The van der Waals surface area contributed by atoms with Crippen molar-refractivity contribution in [3.8, 4) is 5.75 Å². The van der Waals surface area contributed by atoms with Crippen LogP contribution in [0.25, 0.3) is 0 Å². The number of hydrogen-bond donors (Lipinski definition) is 1. The summed E-state index contributed by atoms with van der Waals surface area (Å²) < 4.78 is 6.54. The molecule has 1 N–H and O–H groups in total. The molecule has 0 fully saturated rings. The van der Waals surface area contributed by atoms with E-state index in [-0.39, 0.29) is 0 Å². The third kappa shape index (κ3) is 3.30. The van der Waals surface area contributed by atoms with Crippen LogP contribution in [0.1, 0.15) is 12.5 Å². The van der Waals surface area contributed by atoms with Gasteiger partial charge >= 0.3 is 11.4 Å². The number of nitrogens with one attached hydrogen (secondary N) is 1. The summed E-state index contributed by atoms with van der Waals surface area (Å²) in [4.78, 5) is 29.2. The van der Waals surface area contributed by atoms with E-state index in [1.54, 1.807) is 7.11 Å². The van der Waals surface area contributed by atoms with Crippen molar-refractivity contribution in [1.29, 1.82) is 0 Å². The number of benzene rings is 1. The molecule has 1 aromatic heterocycles. The van der Waals surface area contributed by atoms with Crippen LogP contribution in [0.3, 0.4) is 0 Å². The van der Waals surface area contributed by atoms with E-state index in [2.05, 4.69) is 9.97 Å². The van der Waals surface area contributed by atoms with Crippen molar-refractivity contribution in [3.63, 3.8) is 0 Å². The van der Waals surface area contributed by atoms with E-state index in [9.17, 15) is 9.59 Å². The van der Waals surface area contributed by atoms with Crippen LogP contribution in [0.15, 0.2) is 39.0 Å². The Morgan fingerprint density at radius 2 is 2.00 bits per heavy atom. The second-order valence-corrected chi connectivity index (χ2v) is 5.23. The highest BCUT2D eigenvalue weighted by molar-refractivity contribution is 7.99. The molecule has 0 aliphatic rings. The number of aromatic amines is 1. The standard InChI is InChI=1S/C13H15N3O3S/c1-3-20-13-15-11(17)14-12(18)16(13)8-9-4-6-10(19-2)7-5-9/h4-7H,3,8H2,1-2H3,(H,14,17,18). The first-order valence-electron chi connectivity index (χ1n) is 6.11. The van der Waals surface area contributed by atoms with Gasteiger partial charge in [-0.05, 0) is 23.4 Å². The Morgan fingerprint density at radius 1 is 1.30 bits per heavy atom. The lowest BCUT2D eigenvalue weighted by Gasteiger charge is -2.10. The van der Waals surface area contributed by atoms with E-state index < -0.39 is 11.4 Å². The Morgan fingerprint density at radius 3 is 2.60 bits per heavy atom. The average Bonchev–Trinajstić information content (AvgIpc) is 2.43. The molecular formula is C13H15N3O3S. The Bertz CT molecular complexity index is 691. The van der Waals surface area contributed by atoms with Crippen LogP contribution in [0, 0.1) is 0 Å². The SMILES string of the molecule is CCSc1nc(=O)[nH]c(=O)n1Cc1ccc(OC)cc1. The minimum absolute atomic E-state index is 0.356. The topological polar surface area (TPSA) is 77.0 Å². The number of methoxy groups -OCH3 is 1. The fraction of sp³-hybridized carbons (Fsp3) is 0.308. The average molecular weight is 293 g/mol. The van der Waals surface area contributed by atoms with Gasteiger partial charge in [-0.15, -0.1) is 0 Å². The maximum atomic E-state index is 11.9. The van der Waals surface area contributed by atoms with Gasteiger partial charge in [0.1, 0.15) is 5.75 Å². The molecule has 0 aliphatic carbocycles. The number of ether oxygens (including phenoxy) is 1. The van der Waals surface area contributed by atoms with E-state index >= 15 is 0 Å². The first kappa shape index (κ1) is 14.4. The molecule has 0 spiro atoms. The molecule has 6 nitrogen and oxygen atoms in total. The highest BCUT2D eigenvalue weighted by Gasteiger charge is 2.08. The molecule has 7 heteroatoms. The van der Waals surface area contributed by atoms with Crippen LogP contribution < -0.4 is 16.1 Å². The molecule has 0 radical (unpaired) electrons. The second kappa shape index (κ2) is 6.42. The number of H-pyrrole nitrogens is 1. The molecule has 0 amide bonds. The number of rotatable bonds is 5. The molecule has 1 aromatic carbocycles. The van der Waals surface area contributed by atoms with Crippen molar-refractivity contribution in [3.05, 3.63) is 50.8 Å². The lowest BCUT2D eigenvalue weighted by Crippen LogP contribution is -2.33. The molecule has 2 rings (SSSR count). The summed E-state index contributed by atoms with van der Waals surface area (Å²) in [6.07, 6.45) is 0. The van der Waals surface area contributed by atoms with Crippen LogP contribution in [0.2, 0.25) is 0 Å². The normalized spacial score (nSPS) is 10.5. The van der Waals surface area contributed by atoms with Gasteiger partial charge < -0.3 is 4.74 Å². The summed E-state index contributed by atoms with van der Waals surface area (Å²) in [5.74, 6) is 1.49. The van der Waals surface area contributed by atoms with Gasteiger partial charge in [0.15, 0.2) is 5.16 Å². The Labute approximate surface area is 119 Å². The minimum Gasteiger partial charge on any atom is -0.497 e. The van der Waals surface area contributed by atoms with Gasteiger partial charge in [-0.3, -0.25) is 9.55 Å². The van der Waals surface area contributed by atoms with E-state index in [1.807, 2.05) is 31.2 Å². The van der Waals surface area contributed by atoms with Gasteiger partial charge in [0.25, 0.3) is 0 Å². The van der Waals surface area contributed by atoms with Crippen LogP contribution in [0.5, 0.6) is 5.75 Å². The second-order valence-electron chi connectivity index (χ2n) is 4.00. The quantitative estimate of drug-likeness (QED) is 0.835. The lowest BCUT2D eigenvalue weighted by molar-refractivity contribution is 0.414. The van der Waals surface area contributed by atoms with Crippen molar-refractivity contribution in [2.75, 3.05) is 12.9 Å². The highest BCUT2D eigenvalue weighted by atomic mass is 32.2. The van der Waals surface area contributed by atoms with Gasteiger partial charge in [-0.2, -0.15) is 4.98 Å². The van der Waals surface area contributed by atoms with E-state index in [0.29, 0.717) is 11.7 Å². The van der Waals surface area contributed by atoms with Crippen LogP contribution in [-0.2, 0) is 6.54 Å².